The van der Waals surface area contributed by atoms with Gasteiger partial charge in [0.15, 0.2) is 0 Å². The van der Waals surface area contributed by atoms with Gasteiger partial charge in [0, 0.05) is 6.54 Å². The van der Waals surface area contributed by atoms with Crippen LogP contribution in [-0.2, 0) is 14.8 Å². The van der Waals surface area contributed by atoms with Crippen molar-refractivity contribution in [1.82, 2.24) is 4.72 Å². The molecule has 20 heavy (non-hydrogen) atoms. The van der Waals surface area contributed by atoms with Gasteiger partial charge < -0.3 is 5.11 Å². The van der Waals surface area contributed by atoms with Crippen molar-refractivity contribution >= 4 is 27.6 Å². The van der Waals surface area contributed by atoms with E-state index in [1.807, 2.05) is 6.92 Å². The lowest BCUT2D eigenvalue weighted by Gasteiger charge is -2.13. The fraction of sp³-hybridized carbons (Fsp3) is 0.417. The Morgan fingerprint density at radius 3 is 2.65 bits per heavy atom. The molecule has 2 N–H and O–H groups in total. The van der Waals surface area contributed by atoms with E-state index >= 15 is 0 Å². The summed E-state index contributed by atoms with van der Waals surface area (Å²) >= 11 is 5.52. The van der Waals surface area contributed by atoms with Crippen LogP contribution in [0.4, 0.5) is 4.39 Å². The number of carboxylic acid groups (broad SMARTS) is 1. The number of carbonyl (C=O) groups is 1. The third-order valence-electron chi connectivity index (χ3n) is 2.71. The normalized spacial score (nSPS) is 13.2. The lowest BCUT2D eigenvalue weighted by Crippen LogP contribution is -2.33. The molecule has 0 bridgehead atoms. The molecule has 1 unspecified atom stereocenters. The number of benzene rings is 1. The molecule has 0 radical (unpaired) electrons. The summed E-state index contributed by atoms with van der Waals surface area (Å²) in [6.45, 7) is 1.59. The molecule has 8 heteroatoms. The molecule has 0 fully saturated rings. The minimum absolute atomic E-state index is 0.204. The number of rotatable bonds is 7. The largest absolute Gasteiger partial charge is 0.481 e. The highest BCUT2D eigenvalue weighted by molar-refractivity contribution is 7.89. The van der Waals surface area contributed by atoms with Crippen LogP contribution in [0.1, 0.15) is 19.8 Å². The Morgan fingerprint density at radius 2 is 2.15 bits per heavy atom. The van der Waals surface area contributed by atoms with Crippen LogP contribution < -0.4 is 4.72 Å². The molecule has 0 aromatic heterocycles. The number of hydrogen-bond acceptors (Lipinski definition) is 3. The average molecular weight is 324 g/mol. The van der Waals surface area contributed by atoms with Gasteiger partial charge in [0.2, 0.25) is 10.0 Å². The third-order valence-corrected chi connectivity index (χ3v) is 4.42. The van der Waals surface area contributed by atoms with Crippen LogP contribution >= 0.6 is 11.6 Å². The third kappa shape index (κ3) is 4.43. The Morgan fingerprint density at radius 1 is 1.50 bits per heavy atom. The second-order valence-corrected chi connectivity index (χ2v) is 6.43. The number of hydrogen-bond donors (Lipinski definition) is 2. The van der Waals surface area contributed by atoms with Crippen molar-refractivity contribution in [2.45, 2.75) is 24.7 Å². The van der Waals surface area contributed by atoms with Gasteiger partial charge in [-0.2, -0.15) is 0 Å². The number of aliphatic carboxylic acids is 1. The predicted octanol–water partition coefficient (Wildman–Crippen LogP) is 2.26. The summed E-state index contributed by atoms with van der Waals surface area (Å²) in [6.07, 6.45) is 0.989. The molecule has 5 nitrogen and oxygen atoms in total. The predicted molar refractivity (Wildman–Crippen MR) is 72.6 cm³/mol. The molecular formula is C12H15ClFNO4S. The van der Waals surface area contributed by atoms with E-state index in [0.717, 1.165) is 18.2 Å². The minimum Gasteiger partial charge on any atom is -0.481 e. The molecule has 1 atom stereocenters. The highest BCUT2D eigenvalue weighted by Gasteiger charge is 2.21. The van der Waals surface area contributed by atoms with Gasteiger partial charge in [-0.05, 0) is 24.6 Å². The lowest BCUT2D eigenvalue weighted by atomic mass is 10.1. The van der Waals surface area contributed by atoms with Crippen LogP contribution in [0, 0.1) is 11.7 Å². The molecule has 1 rings (SSSR count). The molecule has 112 valence electrons. The molecule has 1 aromatic carbocycles. The minimum atomic E-state index is -3.91. The molecule has 0 heterocycles. The highest BCUT2D eigenvalue weighted by Crippen LogP contribution is 2.19. The van der Waals surface area contributed by atoms with E-state index in [1.165, 1.54) is 0 Å². The molecule has 1 aromatic rings. The van der Waals surface area contributed by atoms with Crippen molar-refractivity contribution in [2.75, 3.05) is 6.54 Å². The zero-order valence-electron chi connectivity index (χ0n) is 10.8. The summed E-state index contributed by atoms with van der Waals surface area (Å²) in [4.78, 5) is 10.7. The van der Waals surface area contributed by atoms with Crippen molar-refractivity contribution in [3.05, 3.63) is 29.0 Å². The molecule has 0 aliphatic heterocycles. The van der Waals surface area contributed by atoms with Gasteiger partial charge in [-0.1, -0.05) is 24.9 Å². The molecular weight excluding hydrogens is 309 g/mol. The smallest absolute Gasteiger partial charge is 0.307 e. The number of sulfonamides is 1. The Bertz CT molecular complexity index is 591. The van der Waals surface area contributed by atoms with E-state index < -0.39 is 27.7 Å². The Balaban J connectivity index is 2.84. The maximum atomic E-state index is 13.0. The SMILES string of the molecule is CCCC(CNS(=O)(=O)c1ccc(F)c(Cl)c1)C(=O)O. The quantitative estimate of drug-likeness (QED) is 0.806. The molecule has 0 aliphatic carbocycles. The lowest BCUT2D eigenvalue weighted by molar-refractivity contribution is -0.141. The molecule has 0 amide bonds. The van der Waals surface area contributed by atoms with Crippen LogP contribution in [0.15, 0.2) is 23.1 Å². The second kappa shape index (κ2) is 7.01. The fourth-order valence-electron chi connectivity index (χ4n) is 1.60. The van der Waals surface area contributed by atoms with Gasteiger partial charge in [0.05, 0.1) is 15.8 Å². The molecule has 0 aliphatic rings. The summed E-state index contributed by atoms with van der Waals surface area (Å²) in [5.74, 6) is -2.59. The van der Waals surface area contributed by atoms with Crippen LogP contribution in [0.3, 0.4) is 0 Å². The summed E-state index contributed by atoms with van der Waals surface area (Å²) in [7, 11) is -3.91. The number of carboxylic acids is 1. The van der Waals surface area contributed by atoms with Crippen LogP contribution in [-0.4, -0.2) is 26.0 Å². The summed E-state index contributed by atoms with van der Waals surface area (Å²) in [6, 6.07) is 2.99. The second-order valence-electron chi connectivity index (χ2n) is 4.25. The van der Waals surface area contributed by atoms with Crippen molar-refractivity contribution in [3.63, 3.8) is 0 Å². The molecule has 0 saturated heterocycles. The first kappa shape index (κ1) is 16.9. The van der Waals surface area contributed by atoms with E-state index in [2.05, 4.69) is 4.72 Å². The fourth-order valence-corrected chi connectivity index (χ4v) is 2.95. The van der Waals surface area contributed by atoms with Crippen LogP contribution in [0.25, 0.3) is 0 Å². The van der Waals surface area contributed by atoms with Crippen molar-refractivity contribution in [3.8, 4) is 0 Å². The van der Waals surface area contributed by atoms with Gasteiger partial charge in [0.25, 0.3) is 0 Å². The summed E-state index contributed by atoms with van der Waals surface area (Å²) in [5, 5.41) is 8.64. The zero-order chi connectivity index (χ0) is 15.3. The number of nitrogens with one attached hydrogen (secondary N) is 1. The van der Waals surface area contributed by atoms with Crippen molar-refractivity contribution < 1.29 is 22.7 Å². The highest BCUT2D eigenvalue weighted by atomic mass is 35.5. The topological polar surface area (TPSA) is 83.5 Å². The first-order valence-electron chi connectivity index (χ1n) is 5.95. The Labute approximate surface area is 121 Å². The standard InChI is InChI=1S/C12H15ClFNO4S/c1-2-3-8(12(16)17)7-15-20(18,19)9-4-5-11(14)10(13)6-9/h4-6,8,15H,2-3,7H2,1H3,(H,16,17). The van der Waals surface area contributed by atoms with E-state index in [0.29, 0.717) is 12.8 Å². The Kier molecular flexibility index (Phi) is 5.91. The monoisotopic (exact) mass is 323 g/mol. The maximum Gasteiger partial charge on any atom is 0.307 e. The maximum absolute atomic E-state index is 13.0. The average Bonchev–Trinajstić information content (AvgIpc) is 2.37. The van der Waals surface area contributed by atoms with Crippen molar-refractivity contribution in [1.29, 1.82) is 0 Å². The van der Waals surface area contributed by atoms with Crippen LogP contribution in [0.2, 0.25) is 5.02 Å². The van der Waals surface area contributed by atoms with Gasteiger partial charge in [0.1, 0.15) is 5.82 Å². The molecule has 0 saturated carbocycles. The number of halogens is 2. The van der Waals surface area contributed by atoms with Gasteiger partial charge in [-0.25, -0.2) is 17.5 Å². The summed E-state index contributed by atoms with van der Waals surface area (Å²) in [5.41, 5.74) is 0. The first-order chi connectivity index (χ1) is 9.27. The molecule has 0 spiro atoms. The Hall–Kier alpha value is -1.18. The van der Waals surface area contributed by atoms with E-state index in [4.69, 9.17) is 16.7 Å². The van der Waals surface area contributed by atoms with Crippen molar-refractivity contribution in [2.24, 2.45) is 5.92 Å². The van der Waals surface area contributed by atoms with Crippen LogP contribution in [0.5, 0.6) is 0 Å². The van der Waals surface area contributed by atoms with E-state index in [-0.39, 0.29) is 16.5 Å². The van der Waals surface area contributed by atoms with E-state index in [9.17, 15) is 17.6 Å². The van der Waals surface area contributed by atoms with Gasteiger partial charge >= 0.3 is 5.97 Å². The van der Waals surface area contributed by atoms with Gasteiger partial charge in [-0.15, -0.1) is 0 Å². The van der Waals surface area contributed by atoms with Gasteiger partial charge in [-0.3, -0.25) is 4.79 Å². The summed E-state index contributed by atoms with van der Waals surface area (Å²) < 4.78 is 39.1. The first-order valence-corrected chi connectivity index (χ1v) is 7.81. The van der Waals surface area contributed by atoms with E-state index in [1.54, 1.807) is 0 Å². The zero-order valence-corrected chi connectivity index (χ0v) is 12.3.